The van der Waals surface area contributed by atoms with E-state index in [0.29, 0.717) is 0 Å². The van der Waals surface area contributed by atoms with Gasteiger partial charge in [0.1, 0.15) is 5.82 Å². The van der Waals surface area contributed by atoms with Gasteiger partial charge in [0.2, 0.25) is 0 Å². The topological polar surface area (TPSA) is 22.8 Å². The van der Waals surface area contributed by atoms with Crippen molar-refractivity contribution in [1.82, 2.24) is 14.1 Å². The highest BCUT2D eigenvalue weighted by Crippen LogP contribution is 2.47. The van der Waals surface area contributed by atoms with Gasteiger partial charge in [0.05, 0.1) is 27.8 Å². The molecule has 0 atom stereocenters. The fourth-order valence-corrected chi connectivity index (χ4v) is 6.79. The molecule has 0 saturated heterocycles. The van der Waals surface area contributed by atoms with Crippen molar-refractivity contribution in [3.05, 3.63) is 133 Å². The van der Waals surface area contributed by atoms with Gasteiger partial charge in [-0.15, -0.1) is 0 Å². The number of imidazole rings is 1. The molecule has 0 N–H and O–H groups in total. The lowest BCUT2D eigenvalue weighted by molar-refractivity contribution is 0.959. The minimum Gasteiger partial charge on any atom is -0.327 e. The first-order chi connectivity index (χ1) is 20.3. The first-order valence-corrected chi connectivity index (χ1v) is 14.0. The summed E-state index contributed by atoms with van der Waals surface area (Å²) in [5, 5.41) is 2.58. The number of hydrogen-bond donors (Lipinski definition) is 0. The molecule has 0 amide bonds. The fourth-order valence-electron chi connectivity index (χ4n) is 6.79. The molecule has 0 spiro atoms. The number of fused-ring (bicyclic) bond motifs is 9. The second-order valence-electron chi connectivity index (χ2n) is 10.9. The van der Waals surface area contributed by atoms with Crippen molar-refractivity contribution in [3.63, 3.8) is 0 Å². The highest BCUT2D eigenvalue weighted by molar-refractivity contribution is 6.16. The Morgan fingerprint density at radius 3 is 2.05 bits per heavy atom. The van der Waals surface area contributed by atoms with E-state index in [9.17, 15) is 0 Å². The number of hydrogen-bond acceptors (Lipinski definition) is 1. The molecule has 0 radical (unpaired) electrons. The van der Waals surface area contributed by atoms with E-state index in [-0.39, 0.29) is 0 Å². The Morgan fingerprint density at radius 2 is 1.17 bits per heavy atom. The summed E-state index contributed by atoms with van der Waals surface area (Å²) in [7, 11) is 2.09. The van der Waals surface area contributed by atoms with E-state index >= 15 is 0 Å². The smallest absolute Gasteiger partial charge is 0.140 e. The number of aryl methyl sites for hydroxylation is 1. The monoisotopic (exact) mass is 523 g/mol. The zero-order valence-electron chi connectivity index (χ0n) is 22.5. The first kappa shape index (κ1) is 22.4. The number of para-hydroxylation sites is 2. The van der Waals surface area contributed by atoms with Crippen LogP contribution in [-0.2, 0) is 7.05 Å². The molecule has 3 heterocycles. The van der Waals surface area contributed by atoms with Crippen LogP contribution in [0.3, 0.4) is 0 Å². The van der Waals surface area contributed by atoms with Crippen LogP contribution in [0.1, 0.15) is 0 Å². The van der Waals surface area contributed by atoms with E-state index < -0.39 is 0 Å². The second-order valence-corrected chi connectivity index (χ2v) is 10.9. The Kier molecular flexibility index (Phi) is 4.53. The summed E-state index contributed by atoms with van der Waals surface area (Å²) in [5.74, 6) is 0.981. The summed E-state index contributed by atoms with van der Waals surface area (Å²) in [5.41, 5.74) is 14.4. The number of nitrogens with zero attached hydrogens (tertiary/aromatic N) is 3. The number of rotatable bonds is 2. The second kappa shape index (κ2) is 8.30. The summed E-state index contributed by atoms with van der Waals surface area (Å²) in [6.45, 7) is 0. The van der Waals surface area contributed by atoms with Crippen molar-refractivity contribution >= 4 is 32.8 Å². The van der Waals surface area contributed by atoms with Gasteiger partial charge >= 0.3 is 0 Å². The molecule has 0 fully saturated rings. The Morgan fingerprint density at radius 1 is 0.488 bits per heavy atom. The van der Waals surface area contributed by atoms with Crippen molar-refractivity contribution in [1.29, 1.82) is 0 Å². The van der Waals surface area contributed by atoms with Gasteiger partial charge in [0.25, 0.3) is 0 Å². The highest BCUT2D eigenvalue weighted by atomic mass is 15.1. The Balaban J connectivity index is 1.29. The van der Waals surface area contributed by atoms with Crippen LogP contribution >= 0.6 is 0 Å². The van der Waals surface area contributed by atoms with Gasteiger partial charge in [-0.2, -0.15) is 0 Å². The summed E-state index contributed by atoms with van der Waals surface area (Å²) in [6, 6.07) is 48.3. The van der Waals surface area contributed by atoms with E-state index in [0.717, 1.165) is 22.4 Å². The molecule has 1 aliphatic heterocycles. The summed E-state index contributed by atoms with van der Waals surface area (Å²) < 4.78 is 4.65. The molecule has 1 aliphatic rings. The molecule has 0 aliphatic carbocycles. The maximum atomic E-state index is 5.05. The van der Waals surface area contributed by atoms with Crippen LogP contribution in [0.15, 0.2) is 133 Å². The van der Waals surface area contributed by atoms with E-state index in [2.05, 4.69) is 144 Å². The van der Waals surface area contributed by atoms with Gasteiger partial charge in [0, 0.05) is 34.5 Å². The Bertz CT molecular complexity index is 2320. The zero-order valence-corrected chi connectivity index (χ0v) is 22.5. The van der Waals surface area contributed by atoms with E-state index in [1.807, 2.05) is 6.07 Å². The van der Waals surface area contributed by atoms with Gasteiger partial charge in [-0.1, -0.05) is 103 Å². The molecule has 0 bridgehead atoms. The first-order valence-electron chi connectivity index (χ1n) is 14.0. The molecule has 9 rings (SSSR count). The third-order valence-corrected chi connectivity index (χ3v) is 8.69. The van der Waals surface area contributed by atoms with Crippen LogP contribution in [0, 0.1) is 0 Å². The predicted molar refractivity (Wildman–Crippen MR) is 170 cm³/mol. The van der Waals surface area contributed by atoms with Crippen molar-refractivity contribution in [3.8, 4) is 50.5 Å². The van der Waals surface area contributed by atoms with Gasteiger partial charge in [-0.05, 0) is 52.6 Å². The molecule has 0 unspecified atom stereocenters. The van der Waals surface area contributed by atoms with Crippen molar-refractivity contribution in [2.45, 2.75) is 0 Å². The van der Waals surface area contributed by atoms with Gasteiger partial charge in [0.15, 0.2) is 0 Å². The SMILES string of the molecule is Cn1c(-c2ccccc2)nc2cc(-c3ccc4c(c3)-c3ccccc3-c3cccc5c6ccccc6n-4c35)ccc21. The quantitative estimate of drug-likeness (QED) is 0.221. The highest BCUT2D eigenvalue weighted by Gasteiger charge is 2.24. The molecular formula is C38H25N3. The third-order valence-electron chi connectivity index (χ3n) is 8.69. The van der Waals surface area contributed by atoms with Crippen LogP contribution in [0.25, 0.3) is 83.3 Å². The van der Waals surface area contributed by atoms with E-state index in [1.165, 1.54) is 60.9 Å². The van der Waals surface area contributed by atoms with Crippen LogP contribution in [0.2, 0.25) is 0 Å². The molecule has 8 aromatic rings. The predicted octanol–water partition coefficient (Wildman–Crippen LogP) is 9.65. The van der Waals surface area contributed by atoms with Crippen molar-refractivity contribution < 1.29 is 0 Å². The molecule has 3 heteroatoms. The van der Waals surface area contributed by atoms with Crippen molar-refractivity contribution in [2.75, 3.05) is 0 Å². The van der Waals surface area contributed by atoms with Gasteiger partial charge in [-0.3, -0.25) is 0 Å². The van der Waals surface area contributed by atoms with E-state index in [1.54, 1.807) is 0 Å². The van der Waals surface area contributed by atoms with Gasteiger partial charge < -0.3 is 9.13 Å². The van der Waals surface area contributed by atoms with Crippen LogP contribution in [0.5, 0.6) is 0 Å². The lowest BCUT2D eigenvalue weighted by Gasteiger charge is -2.14. The lowest BCUT2D eigenvalue weighted by Crippen LogP contribution is -1.96. The molecule has 6 aromatic carbocycles. The Labute approximate surface area is 237 Å². The standard InChI is InChI=1S/C38H25N3/c1-40-36-21-19-26(23-33(36)39-38(40)24-10-3-2-4-11-24)25-18-20-35-32(22-25)28-13-6-5-12-27(28)30-15-9-16-31-29-14-7-8-17-34(29)41(35)37(30)31/h2-23H,1H3. The minimum absolute atomic E-state index is 0.981. The molecule has 0 saturated carbocycles. The maximum Gasteiger partial charge on any atom is 0.140 e. The molecule has 3 nitrogen and oxygen atoms in total. The number of benzene rings is 6. The average Bonchev–Trinajstić information content (AvgIpc) is 3.51. The molecule has 41 heavy (non-hydrogen) atoms. The molecule has 2 aromatic heterocycles. The average molecular weight is 524 g/mol. The third kappa shape index (κ3) is 3.12. The summed E-state index contributed by atoms with van der Waals surface area (Å²) in [4.78, 5) is 5.05. The van der Waals surface area contributed by atoms with Crippen LogP contribution in [0.4, 0.5) is 0 Å². The summed E-state index contributed by atoms with van der Waals surface area (Å²) in [6.07, 6.45) is 0. The zero-order chi connectivity index (χ0) is 27.1. The fraction of sp³-hybridized carbons (Fsp3) is 0.0263. The Hall–Kier alpha value is -5.41. The van der Waals surface area contributed by atoms with Crippen LogP contribution < -0.4 is 0 Å². The number of aromatic nitrogens is 3. The van der Waals surface area contributed by atoms with E-state index in [4.69, 9.17) is 4.98 Å². The van der Waals surface area contributed by atoms with Crippen molar-refractivity contribution in [2.24, 2.45) is 7.05 Å². The normalized spacial score (nSPS) is 12.0. The molecular weight excluding hydrogens is 498 g/mol. The van der Waals surface area contributed by atoms with Crippen LogP contribution in [-0.4, -0.2) is 14.1 Å². The van der Waals surface area contributed by atoms with Gasteiger partial charge in [-0.25, -0.2) is 4.98 Å². The summed E-state index contributed by atoms with van der Waals surface area (Å²) >= 11 is 0. The molecule has 192 valence electrons. The maximum absolute atomic E-state index is 5.05. The largest absolute Gasteiger partial charge is 0.327 e. The lowest BCUT2D eigenvalue weighted by atomic mass is 9.92. The minimum atomic E-state index is 0.981.